The predicted octanol–water partition coefficient (Wildman–Crippen LogP) is 0.946. The van der Waals surface area contributed by atoms with Gasteiger partial charge in [0.25, 0.3) is 0 Å². The molecule has 0 bridgehead atoms. The fourth-order valence-electron chi connectivity index (χ4n) is 2.71. The Morgan fingerprint density at radius 2 is 2.35 bits per heavy atom. The monoisotopic (exact) mass is 232 g/mol. The Hall–Kier alpha value is -1.55. The molecule has 0 aromatic heterocycles. The van der Waals surface area contributed by atoms with Gasteiger partial charge in [0, 0.05) is 12.2 Å². The van der Waals surface area contributed by atoms with Crippen LogP contribution in [0.5, 0.6) is 5.75 Å². The van der Waals surface area contributed by atoms with Crippen molar-refractivity contribution in [2.24, 2.45) is 0 Å². The first-order valence-corrected chi connectivity index (χ1v) is 5.99. The zero-order valence-electron chi connectivity index (χ0n) is 9.90. The lowest BCUT2D eigenvalue weighted by Crippen LogP contribution is -2.39. The Bertz CT molecular complexity index is 453. The van der Waals surface area contributed by atoms with Gasteiger partial charge in [-0.3, -0.25) is 4.79 Å². The van der Waals surface area contributed by atoms with E-state index in [1.165, 1.54) is 0 Å². The number of anilines is 1. The summed E-state index contributed by atoms with van der Waals surface area (Å²) in [5.41, 5.74) is 2.14. The average Bonchev–Trinajstić information content (AvgIpc) is 2.93. The van der Waals surface area contributed by atoms with E-state index in [9.17, 15) is 4.79 Å². The summed E-state index contributed by atoms with van der Waals surface area (Å²) in [6, 6.07) is 6.21. The van der Waals surface area contributed by atoms with E-state index in [0.29, 0.717) is 12.5 Å². The number of hydrogen-bond donors (Lipinski definition) is 1. The number of amides is 1. The second kappa shape index (κ2) is 4.04. The van der Waals surface area contributed by atoms with E-state index >= 15 is 0 Å². The highest BCUT2D eigenvalue weighted by Crippen LogP contribution is 2.34. The van der Waals surface area contributed by atoms with Crippen molar-refractivity contribution in [3.63, 3.8) is 0 Å². The van der Waals surface area contributed by atoms with Crippen LogP contribution in [0.2, 0.25) is 0 Å². The Kier molecular flexibility index (Phi) is 2.52. The van der Waals surface area contributed by atoms with Crippen LogP contribution in [0.4, 0.5) is 5.69 Å². The molecule has 2 aliphatic heterocycles. The number of nitrogens with one attached hydrogen (secondary N) is 1. The van der Waals surface area contributed by atoms with Crippen LogP contribution in [0.3, 0.4) is 0 Å². The third-order valence-corrected chi connectivity index (χ3v) is 3.56. The molecule has 3 rings (SSSR count). The van der Waals surface area contributed by atoms with Crippen molar-refractivity contribution in [3.8, 4) is 5.75 Å². The van der Waals surface area contributed by atoms with Crippen molar-refractivity contribution in [1.29, 1.82) is 0 Å². The lowest BCUT2D eigenvalue weighted by molar-refractivity contribution is -0.117. The molecule has 2 aliphatic rings. The number of fused-ring (bicyclic) bond motifs is 1. The van der Waals surface area contributed by atoms with Crippen molar-refractivity contribution < 1.29 is 9.53 Å². The number of carbonyl (C=O) groups excluding carboxylic acids is 1. The van der Waals surface area contributed by atoms with Crippen molar-refractivity contribution in [2.45, 2.75) is 18.9 Å². The van der Waals surface area contributed by atoms with Crippen LogP contribution < -0.4 is 15.0 Å². The fourth-order valence-corrected chi connectivity index (χ4v) is 2.71. The summed E-state index contributed by atoms with van der Waals surface area (Å²) in [5.74, 6) is 1.03. The summed E-state index contributed by atoms with van der Waals surface area (Å²) in [6.07, 6.45) is 1.54. The number of ether oxygens (including phenoxy) is 1. The van der Waals surface area contributed by atoms with E-state index < -0.39 is 0 Å². The summed E-state index contributed by atoms with van der Waals surface area (Å²) in [7, 11) is 1.65. The van der Waals surface area contributed by atoms with Gasteiger partial charge < -0.3 is 15.0 Å². The second-order valence-corrected chi connectivity index (χ2v) is 4.58. The molecule has 1 aromatic carbocycles. The molecule has 4 heteroatoms. The van der Waals surface area contributed by atoms with Crippen LogP contribution in [0.1, 0.15) is 12.0 Å². The minimum atomic E-state index is 0.210. The topological polar surface area (TPSA) is 41.6 Å². The van der Waals surface area contributed by atoms with Crippen LogP contribution in [0.15, 0.2) is 18.2 Å². The van der Waals surface area contributed by atoms with Gasteiger partial charge in [-0.05, 0) is 36.7 Å². The summed E-state index contributed by atoms with van der Waals surface area (Å²) in [4.78, 5) is 14.0. The molecule has 1 N–H and O–H groups in total. The fraction of sp³-hybridized carbons (Fsp3) is 0.462. The van der Waals surface area contributed by atoms with Crippen molar-refractivity contribution in [2.75, 3.05) is 25.1 Å². The van der Waals surface area contributed by atoms with Crippen molar-refractivity contribution in [3.05, 3.63) is 23.8 Å². The number of carbonyl (C=O) groups is 1. The van der Waals surface area contributed by atoms with Crippen LogP contribution in [-0.2, 0) is 11.2 Å². The predicted molar refractivity (Wildman–Crippen MR) is 65.5 cm³/mol. The van der Waals surface area contributed by atoms with Crippen LogP contribution in [0, 0.1) is 0 Å². The van der Waals surface area contributed by atoms with Crippen LogP contribution in [0.25, 0.3) is 0 Å². The Balaban J connectivity index is 1.95. The standard InChI is InChI=1S/C13H16N2O2/c1-17-11-2-3-12-9(6-11)7-13(16)15(12)10-4-5-14-8-10/h2-3,6,10,14H,4-5,7-8H2,1H3. The molecule has 1 amide bonds. The minimum Gasteiger partial charge on any atom is -0.497 e. The smallest absolute Gasteiger partial charge is 0.231 e. The van der Waals surface area contributed by atoms with Gasteiger partial charge in [-0.1, -0.05) is 0 Å². The molecule has 90 valence electrons. The third kappa shape index (κ3) is 1.69. The number of rotatable bonds is 2. The maximum absolute atomic E-state index is 12.1. The summed E-state index contributed by atoms with van der Waals surface area (Å²) >= 11 is 0. The van der Waals surface area contributed by atoms with E-state index in [-0.39, 0.29) is 5.91 Å². The second-order valence-electron chi connectivity index (χ2n) is 4.58. The Morgan fingerprint density at radius 1 is 1.47 bits per heavy atom. The van der Waals surface area contributed by atoms with Gasteiger partial charge in [0.15, 0.2) is 0 Å². The summed E-state index contributed by atoms with van der Waals surface area (Å²) in [5, 5.41) is 3.30. The molecule has 1 saturated heterocycles. The van der Waals surface area contributed by atoms with Gasteiger partial charge in [-0.2, -0.15) is 0 Å². The van der Waals surface area contributed by atoms with Crippen molar-refractivity contribution in [1.82, 2.24) is 5.32 Å². The highest BCUT2D eigenvalue weighted by atomic mass is 16.5. The van der Waals surface area contributed by atoms with Gasteiger partial charge >= 0.3 is 0 Å². The molecule has 2 heterocycles. The SMILES string of the molecule is COc1ccc2c(c1)CC(=O)N2C1CCNC1. The van der Waals surface area contributed by atoms with E-state index in [0.717, 1.165) is 36.5 Å². The highest BCUT2D eigenvalue weighted by Gasteiger charge is 2.34. The molecular formula is C13H16N2O2. The molecule has 1 fully saturated rings. The Morgan fingerprint density at radius 3 is 3.06 bits per heavy atom. The van der Waals surface area contributed by atoms with Crippen LogP contribution in [-0.4, -0.2) is 32.1 Å². The number of nitrogens with zero attached hydrogens (tertiary/aromatic N) is 1. The third-order valence-electron chi connectivity index (χ3n) is 3.56. The lowest BCUT2D eigenvalue weighted by Gasteiger charge is -2.24. The zero-order chi connectivity index (χ0) is 11.8. The Labute approximate surface area is 101 Å². The van der Waals surface area contributed by atoms with E-state index in [1.54, 1.807) is 7.11 Å². The van der Waals surface area contributed by atoms with E-state index in [4.69, 9.17) is 4.74 Å². The molecule has 17 heavy (non-hydrogen) atoms. The first-order chi connectivity index (χ1) is 8.29. The first-order valence-electron chi connectivity index (χ1n) is 5.99. The first kappa shape index (κ1) is 10.6. The average molecular weight is 232 g/mol. The molecule has 0 spiro atoms. The van der Waals surface area contributed by atoms with E-state index in [2.05, 4.69) is 5.32 Å². The molecule has 0 radical (unpaired) electrons. The molecule has 0 aliphatic carbocycles. The molecule has 0 saturated carbocycles. The number of hydrogen-bond acceptors (Lipinski definition) is 3. The van der Waals surface area contributed by atoms with Gasteiger partial charge in [-0.15, -0.1) is 0 Å². The molecular weight excluding hydrogens is 216 g/mol. The normalized spacial score (nSPS) is 23.0. The largest absolute Gasteiger partial charge is 0.497 e. The zero-order valence-corrected chi connectivity index (χ0v) is 9.90. The quantitative estimate of drug-likeness (QED) is 0.825. The van der Waals surface area contributed by atoms with Gasteiger partial charge in [0.1, 0.15) is 5.75 Å². The molecule has 1 atom stereocenters. The molecule has 1 unspecified atom stereocenters. The number of benzene rings is 1. The van der Waals surface area contributed by atoms with Gasteiger partial charge in [-0.25, -0.2) is 0 Å². The van der Waals surface area contributed by atoms with Crippen molar-refractivity contribution >= 4 is 11.6 Å². The maximum atomic E-state index is 12.1. The minimum absolute atomic E-state index is 0.210. The van der Waals surface area contributed by atoms with Gasteiger partial charge in [0.05, 0.1) is 19.6 Å². The van der Waals surface area contributed by atoms with E-state index in [1.807, 2.05) is 23.1 Å². The van der Waals surface area contributed by atoms with Crippen LogP contribution >= 0.6 is 0 Å². The molecule has 1 aromatic rings. The molecule has 4 nitrogen and oxygen atoms in total. The number of methoxy groups -OCH3 is 1. The summed E-state index contributed by atoms with van der Waals surface area (Å²) < 4.78 is 5.19. The lowest BCUT2D eigenvalue weighted by atomic mass is 10.1. The maximum Gasteiger partial charge on any atom is 0.231 e. The summed E-state index contributed by atoms with van der Waals surface area (Å²) in [6.45, 7) is 1.90. The highest BCUT2D eigenvalue weighted by molar-refractivity contribution is 6.02. The van der Waals surface area contributed by atoms with Gasteiger partial charge in [0.2, 0.25) is 5.91 Å².